The standard InChI is InChI=1S/C47H83NO14S2/c1-3-5-7-9-11-13-15-17-19-21-23-25-30-34-41(58-37-39-32-28-27-29-33-39)40(48-43(50)35-31-26-24-22-20-18-16-14-12-10-8-6-4-2)38-59-47-46(62-64(55,56)57)45(61-63(52,53)54)44(51)42(36-49)60-47/h27-30,32-34,40-42,44-47,49,51H,3-26,31,35-38H2,1-2H3,(H,48,50)(H,52,53,54)(H,55,56,57)/p-2/b34-30+/t40-,41+,42?,44?,45?,46?,47?/m0/s1. The monoisotopic (exact) mass is 948 g/mol. The molecule has 1 heterocycles. The minimum atomic E-state index is -5.63. The van der Waals surface area contributed by atoms with E-state index in [2.05, 4.69) is 27.5 Å². The Kier molecular flexibility index (Phi) is 31.9. The number of hydrogen-bond donors (Lipinski definition) is 3. The molecule has 0 radical (unpaired) electrons. The molecule has 0 aromatic heterocycles. The van der Waals surface area contributed by atoms with Crippen molar-refractivity contribution >= 4 is 26.7 Å². The maximum Gasteiger partial charge on any atom is 0.220 e. The van der Waals surface area contributed by atoms with Gasteiger partial charge in [0, 0.05) is 6.42 Å². The number of unbranched alkanes of at least 4 members (excludes halogenated alkanes) is 23. The van der Waals surface area contributed by atoms with Gasteiger partial charge in [-0.3, -0.25) is 13.2 Å². The Balaban J connectivity index is 2.18. The van der Waals surface area contributed by atoms with Crippen LogP contribution in [0.3, 0.4) is 0 Å². The number of rotatable bonds is 40. The molecule has 3 N–H and O–H groups in total. The van der Waals surface area contributed by atoms with E-state index < -0.39 is 76.9 Å². The van der Waals surface area contributed by atoms with Gasteiger partial charge in [-0.25, -0.2) is 16.8 Å². The lowest BCUT2D eigenvalue weighted by Gasteiger charge is -2.43. The minimum absolute atomic E-state index is 0.148. The molecule has 1 saturated heterocycles. The smallest absolute Gasteiger partial charge is 0.220 e. The predicted octanol–water partition coefficient (Wildman–Crippen LogP) is 8.58. The molecule has 1 aromatic rings. The van der Waals surface area contributed by atoms with Crippen molar-refractivity contribution in [3.63, 3.8) is 0 Å². The normalized spacial score (nSPS) is 20.4. The lowest BCUT2D eigenvalue weighted by molar-refractivity contribution is -0.293. The first-order valence-electron chi connectivity index (χ1n) is 24.2. The van der Waals surface area contributed by atoms with E-state index in [0.717, 1.165) is 56.9 Å². The Hall–Kier alpha value is -2.03. The summed E-state index contributed by atoms with van der Waals surface area (Å²) in [6.07, 6.45) is 21.8. The molecule has 15 nitrogen and oxygen atoms in total. The molecule has 0 saturated carbocycles. The summed E-state index contributed by atoms with van der Waals surface area (Å²) in [7, 11) is -11.2. The zero-order valence-electron chi connectivity index (χ0n) is 38.7. The fourth-order valence-corrected chi connectivity index (χ4v) is 8.86. The average Bonchev–Trinajstić information content (AvgIpc) is 3.25. The SMILES string of the molecule is CCCCCCCCCCCCC/C=C/[C@@H](OCc1ccccc1)[C@H](COC1OC(CO)C(O)C(OS(=O)(=O)[O-])C1OS(=O)(=O)[O-])NC(=O)CCCCCCCCCCCCCCC. The number of carbonyl (C=O) groups is 1. The third-order valence-corrected chi connectivity index (χ3v) is 12.4. The third kappa shape index (κ3) is 28.2. The maximum absolute atomic E-state index is 13.6. The summed E-state index contributed by atoms with van der Waals surface area (Å²) in [4.78, 5) is 13.6. The number of benzene rings is 1. The number of aliphatic hydroxyl groups is 2. The average molecular weight is 948 g/mol. The lowest BCUT2D eigenvalue weighted by atomic mass is 9.99. The van der Waals surface area contributed by atoms with Gasteiger partial charge in [-0.2, -0.15) is 0 Å². The molecule has 1 fully saturated rings. The molecule has 1 aliphatic heterocycles. The number of hydrogen-bond acceptors (Lipinski definition) is 14. The molecule has 1 aliphatic rings. The van der Waals surface area contributed by atoms with Crippen molar-refractivity contribution in [1.29, 1.82) is 0 Å². The van der Waals surface area contributed by atoms with Crippen LogP contribution in [-0.4, -0.2) is 98.1 Å². The van der Waals surface area contributed by atoms with Gasteiger partial charge in [0.2, 0.25) is 26.7 Å². The van der Waals surface area contributed by atoms with Crippen molar-refractivity contribution < 1.29 is 63.5 Å². The lowest BCUT2D eigenvalue weighted by Crippen LogP contribution is -2.62. The van der Waals surface area contributed by atoms with Crippen LogP contribution in [0, 0.1) is 0 Å². The van der Waals surface area contributed by atoms with Crippen LogP contribution in [0.1, 0.15) is 186 Å². The molecular weight excluding hydrogens is 867 g/mol. The summed E-state index contributed by atoms with van der Waals surface area (Å²) >= 11 is 0. The number of carbonyl (C=O) groups excluding carboxylic acids is 1. The van der Waals surface area contributed by atoms with Gasteiger partial charge in [0.15, 0.2) is 12.4 Å². The summed E-state index contributed by atoms with van der Waals surface area (Å²) in [5.41, 5.74) is 0.854. The van der Waals surface area contributed by atoms with Crippen LogP contribution >= 0.6 is 0 Å². The summed E-state index contributed by atoms with van der Waals surface area (Å²) < 4.78 is 97.2. The highest BCUT2D eigenvalue weighted by Gasteiger charge is 2.50. The molecule has 0 aliphatic carbocycles. The molecule has 2 rings (SSSR count). The van der Waals surface area contributed by atoms with Gasteiger partial charge in [0.25, 0.3) is 0 Å². The van der Waals surface area contributed by atoms with Crippen LogP contribution < -0.4 is 5.32 Å². The minimum Gasteiger partial charge on any atom is -0.726 e. The van der Waals surface area contributed by atoms with Crippen molar-refractivity contribution in [1.82, 2.24) is 5.32 Å². The van der Waals surface area contributed by atoms with Crippen molar-refractivity contribution in [2.75, 3.05) is 13.2 Å². The van der Waals surface area contributed by atoms with Gasteiger partial charge < -0.3 is 38.8 Å². The number of amides is 1. The molecular formula is C47H81NO14S2-2. The molecule has 372 valence electrons. The van der Waals surface area contributed by atoms with E-state index in [-0.39, 0.29) is 18.9 Å². The van der Waals surface area contributed by atoms with Gasteiger partial charge >= 0.3 is 0 Å². The number of ether oxygens (including phenoxy) is 3. The first-order chi connectivity index (χ1) is 30.8. The van der Waals surface area contributed by atoms with Gasteiger partial charge in [-0.15, -0.1) is 0 Å². The van der Waals surface area contributed by atoms with Crippen LogP contribution in [0.5, 0.6) is 0 Å². The predicted molar refractivity (Wildman–Crippen MR) is 244 cm³/mol. The molecule has 0 spiro atoms. The second-order valence-electron chi connectivity index (χ2n) is 17.2. The van der Waals surface area contributed by atoms with Crippen molar-refractivity contribution in [2.24, 2.45) is 0 Å². The van der Waals surface area contributed by atoms with Gasteiger partial charge in [0.05, 0.1) is 32.0 Å². The Morgan fingerprint density at radius 3 is 1.67 bits per heavy atom. The van der Waals surface area contributed by atoms with E-state index in [1.54, 1.807) is 0 Å². The van der Waals surface area contributed by atoms with Crippen LogP contribution in [-0.2, 0) is 54.8 Å². The second-order valence-corrected chi connectivity index (χ2v) is 19.2. The molecule has 1 aromatic carbocycles. The quantitative estimate of drug-likeness (QED) is 0.0242. The van der Waals surface area contributed by atoms with Crippen LogP contribution in [0.4, 0.5) is 0 Å². The van der Waals surface area contributed by atoms with Gasteiger partial charge in [-0.05, 0) is 24.8 Å². The fraction of sp³-hybridized carbons (Fsp3) is 0.809. The topological polar surface area (TPSA) is 230 Å². The van der Waals surface area contributed by atoms with Crippen molar-refractivity contribution in [3.8, 4) is 0 Å². The van der Waals surface area contributed by atoms with Crippen molar-refractivity contribution in [2.45, 2.75) is 230 Å². The molecule has 0 bridgehead atoms. The van der Waals surface area contributed by atoms with E-state index in [1.165, 1.54) is 103 Å². The first kappa shape index (κ1) is 58.1. The molecule has 17 heteroatoms. The summed E-state index contributed by atoms with van der Waals surface area (Å²) in [6.45, 7) is 3.18. The highest BCUT2D eigenvalue weighted by atomic mass is 32.3. The number of nitrogens with one attached hydrogen (secondary N) is 1. The van der Waals surface area contributed by atoms with E-state index >= 15 is 0 Å². The Bertz CT molecular complexity index is 1570. The maximum atomic E-state index is 13.6. The van der Waals surface area contributed by atoms with E-state index in [1.807, 2.05) is 42.5 Å². The number of aliphatic hydroxyl groups excluding tert-OH is 2. The Labute approximate surface area is 385 Å². The van der Waals surface area contributed by atoms with Crippen LogP contribution in [0.25, 0.3) is 0 Å². The summed E-state index contributed by atoms with van der Waals surface area (Å²) in [6, 6.07) is 8.42. The van der Waals surface area contributed by atoms with Gasteiger partial charge in [0.1, 0.15) is 18.3 Å². The van der Waals surface area contributed by atoms with E-state index in [9.17, 15) is 40.9 Å². The Morgan fingerprint density at radius 1 is 0.719 bits per heavy atom. The van der Waals surface area contributed by atoms with Crippen LogP contribution in [0.2, 0.25) is 0 Å². The summed E-state index contributed by atoms with van der Waals surface area (Å²) in [5.74, 6) is -0.300. The van der Waals surface area contributed by atoms with Crippen molar-refractivity contribution in [3.05, 3.63) is 48.0 Å². The van der Waals surface area contributed by atoms with Crippen LogP contribution in [0.15, 0.2) is 42.5 Å². The molecule has 1 amide bonds. The first-order valence-corrected chi connectivity index (χ1v) is 26.9. The van der Waals surface area contributed by atoms with Gasteiger partial charge in [-0.1, -0.05) is 198 Å². The number of allylic oxidation sites excluding steroid dienone is 1. The third-order valence-electron chi connectivity index (χ3n) is 11.5. The largest absolute Gasteiger partial charge is 0.726 e. The fourth-order valence-electron chi connectivity index (χ4n) is 7.89. The highest BCUT2D eigenvalue weighted by molar-refractivity contribution is 7.81. The zero-order chi connectivity index (χ0) is 46.9. The van der Waals surface area contributed by atoms with E-state index in [4.69, 9.17) is 14.2 Å². The van der Waals surface area contributed by atoms with E-state index in [0.29, 0.717) is 6.42 Å². The summed E-state index contributed by atoms with van der Waals surface area (Å²) in [5, 5.41) is 23.6. The zero-order valence-corrected chi connectivity index (χ0v) is 40.3. The molecule has 64 heavy (non-hydrogen) atoms. The Morgan fingerprint density at radius 2 is 1.19 bits per heavy atom. The highest BCUT2D eigenvalue weighted by Crippen LogP contribution is 2.29. The molecule has 7 atom stereocenters. The second kappa shape index (κ2) is 35.2. The molecule has 5 unspecified atom stereocenters.